The fraction of sp³-hybridized carbons (Fsp3) is 0.318. The van der Waals surface area contributed by atoms with Gasteiger partial charge in [0.1, 0.15) is 12.1 Å². The number of halogens is 1. The Labute approximate surface area is 178 Å². The van der Waals surface area contributed by atoms with E-state index in [-0.39, 0.29) is 11.9 Å². The Kier molecular flexibility index (Phi) is 6.06. The van der Waals surface area contributed by atoms with Gasteiger partial charge in [-0.25, -0.2) is 9.97 Å². The molecule has 2 aromatic carbocycles. The van der Waals surface area contributed by atoms with Crippen LogP contribution in [0, 0.1) is 0 Å². The molecule has 1 atom stereocenters. The summed E-state index contributed by atoms with van der Waals surface area (Å²) in [6.07, 6.45) is 5.43. The lowest BCUT2D eigenvalue weighted by atomic mass is 9.97. The van der Waals surface area contributed by atoms with Gasteiger partial charge in [0.2, 0.25) is 5.91 Å². The molecule has 0 radical (unpaired) electrons. The summed E-state index contributed by atoms with van der Waals surface area (Å²) in [5.74, 6) is 0.462. The maximum Gasteiger partial charge on any atom is 0.219 e. The molecule has 1 unspecified atom stereocenters. The van der Waals surface area contributed by atoms with Crippen molar-refractivity contribution in [2.75, 3.05) is 18.4 Å². The molecule has 150 valence electrons. The van der Waals surface area contributed by atoms with Crippen LogP contribution in [0.15, 0.2) is 53.3 Å². The predicted molar refractivity (Wildman–Crippen MR) is 119 cm³/mol. The summed E-state index contributed by atoms with van der Waals surface area (Å²) >= 11 is 3.50. The maximum absolute atomic E-state index is 11.8. The normalized spacial score (nSPS) is 15.9. The zero-order chi connectivity index (χ0) is 20.2. The van der Waals surface area contributed by atoms with Crippen molar-refractivity contribution in [3.05, 3.63) is 58.8 Å². The zero-order valence-electron chi connectivity index (χ0n) is 16.1. The Morgan fingerprint density at radius 2 is 1.97 bits per heavy atom. The number of hydrogen-bond donors (Lipinski definition) is 2. The van der Waals surface area contributed by atoms with Crippen molar-refractivity contribution in [1.29, 1.82) is 0 Å². The van der Waals surface area contributed by atoms with Crippen LogP contribution in [0.1, 0.15) is 37.3 Å². The highest BCUT2D eigenvalue weighted by Crippen LogP contribution is 2.32. The number of anilines is 2. The third-order valence-corrected chi connectivity index (χ3v) is 5.85. The number of primary amides is 1. The minimum Gasteiger partial charge on any atom is -0.370 e. The van der Waals surface area contributed by atoms with Crippen LogP contribution < -0.4 is 11.1 Å². The molecule has 1 amide bonds. The Morgan fingerprint density at radius 3 is 2.72 bits per heavy atom. The van der Waals surface area contributed by atoms with E-state index in [1.54, 1.807) is 6.33 Å². The largest absolute Gasteiger partial charge is 0.370 e. The summed E-state index contributed by atoms with van der Waals surface area (Å²) in [6, 6.07) is 14.1. The van der Waals surface area contributed by atoms with Crippen LogP contribution in [-0.4, -0.2) is 33.9 Å². The molecular weight excluding hydrogens is 430 g/mol. The molecule has 1 aliphatic rings. The van der Waals surface area contributed by atoms with Gasteiger partial charge in [-0.05, 0) is 61.8 Å². The quantitative estimate of drug-likeness (QED) is 0.572. The molecule has 3 N–H and O–H groups in total. The number of fused-ring (bicyclic) bond motifs is 1. The van der Waals surface area contributed by atoms with E-state index >= 15 is 0 Å². The Balaban J connectivity index is 1.72. The van der Waals surface area contributed by atoms with Crippen LogP contribution in [0.3, 0.4) is 0 Å². The number of amides is 1. The SMILES string of the molecule is NC(=O)CC(c1ccc2ncnc(Nc3cccc(Br)c3)c2c1)N1CCCCC1. The fourth-order valence-electron chi connectivity index (χ4n) is 3.96. The van der Waals surface area contributed by atoms with Crippen LogP contribution in [0.5, 0.6) is 0 Å². The number of piperidine rings is 1. The highest BCUT2D eigenvalue weighted by Gasteiger charge is 2.24. The standard InChI is InChI=1S/C22H24BrN5O/c23-16-5-4-6-17(12-16)27-22-18-11-15(7-8-19(18)25-14-26-22)20(13-21(24)29)28-9-2-1-3-10-28/h4-8,11-12,14,20H,1-3,9-10,13H2,(H2,24,29)(H,25,26,27). The van der Waals surface area contributed by atoms with Crippen molar-refractivity contribution in [1.82, 2.24) is 14.9 Å². The summed E-state index contributed by atoms with van der Waals surface area (Å²) in [5.41, 5.74) is 8.46. The highest BCUT2D eigenvalue weighted by molar-refractivity contribution is 9.10. The number of nitrogens with zero attached hydrogens (tertiary/aromatic N) is 3. The van der Waals surface area contributed by atoms with Gasteiger partial charge in [-0.15, -0.1) is 0 Å². The van der Waals surface area contributed by atoms with Gasteiger partial charge in [0.15, 0.2) is 0 Å². The lowest BCUT2D eigenvalue weighted by Gasteiger charge is -2.34. The minimum absolute atomic E-state index is 0.0175. The van der Waals surface area contributed by atoms with Gasteiger partial charge in [-0.3, -0.25) is 9.69 Å². The fourth-order valence-corrected chi connectivity index (χ4v) is 4.36. The van der Waals surface area contributed by atoms with Gasteiger partial charge >= 0.3 is 0 Å². The Bertz CT molecular complexity index is 1020. The summed E-state index contributed by atoms with van der Waals surface area (Å²) in [6.45, 7) is 1.98. The van der Waals surface area contributed by atoms with Gasteiger partial charge in [0.05, 0.1) is 5.52 Å². The van der Waals surface area contributed by atoms with Gasteiger partial charge in [0.25, 0.3) is 0 Å². The third-order valence-electron chi connectivity index (χ3n) is 5.36. The highest BCUT2D eigenvalue weighted by atomic mass is 79.9. The second-order valence-corrected chi connectivity index (χ2v) is 8.33. The first-order valence-corrected chi connectivity index (χ1v) is 10.7. The van der Waals surface area contributed by atoms with Crippen molar-refractivity contribution in [3.8, 4) is 0 Å². The van der Waals surface area contributed by atoms with Gasteiger partial charge in [-0.2, -0.15) is 0 Å². The van der Waals surface area contributed by atoms with E-state index < -0.39 is 0 Å². The number of nitrogens with one attached hydrogen (secondary N) is 1. The zero-order valence-corrected chi connectivity index (χ0v) is 17.7. The van der Waals surface area contributed by atoms with E-state index in [1.165, 1.54) is 6.42 Å². The summed E-state index contributed by atoms with van der Waals surface area (Å²) in [5, 5.41) is 4.32. The van der Waals surface area contributed by atoms with E-state index in [0.717, 1.165) is 58.4 Å². The second-order valence-electron chi connectivity index (χ2n) is 7.42. The molecule has 1 aliphatic heterocycles. The van der Waals surface area contributed by atoms with E-state index in [2.05, 4.69) is 48.2 Å². The molecule has 0 spiro atoms. The van der Waals surface area contributed by atoms with Crippen LogP contribution >= 0.6 is 15.9 Å². The number of rotatable bonds is 6. The number of aromatic nitrogens is 2. The van der Waals surface area contributed by atoms with Gasteiger partial charge in [-0.1, -0.05) is 34.5 Å². The maximum atomic E-state index is 11.8. The molecule has 1 aromatic heterocycles. The average Bonchev–Trinajstić information content (AvgIpc) is 2.73. The van der Waals surface area contributed by atoms with E-state index in [4.69, 9.17) is 5.73 Å². The van der Waals surface area contributed by atoms with Gasteiger partial charge in [0, 0.05) is 28.0 Å². The Morgan fingerprint density at radius 1 is 1.14 bits per heavy atom. The minimum atomic E-state index is -0.280. The summed E-state index contributed by atoms with van der Waals surface area (Å²) in [7, 11) is 0. The number of nitrogens with two attached hydrogens (primary N) is 1. The monoisotopic (exact) mass is 453 g/mol. The van der Waals surface area contributed by atoms with Crippen molar-refractivity contribution < 1.29 is 4.79 Å². The van der Waals surface area contributed by atoms with Crippen LogP contribution in [-0.2, 0) is 4.79 Å². The molecule has 2 heterocycles. The average molecular weight is 454 g/mol. The van der Waals surface area contributed by atoms with Crippen molar-refractivity contribution >= 4 is 44.2 Å². The van der Waals surface area contributed by atoms with Gasteiger partial charge < -0.3 is 11.1 Å². The van der Waals surface area contributed by atoms with E-state index in [0.29, 0.717) is 6.42 Å². The molecule has 1 saturated heterocycles. The number of carbonyl (C=O) groups excluding carboxylic acids is 1. The number of hydrogen-bond acceptors (Lipinski definition) is 5. The molecule has 0 saturated carbocycles. The van der Waals surface area contributed by atoms with Crippen LogP contribution in [0.4, 0.5) is 11.5 Å². The van der Waals surface area contributed by atoms with E-state index in [1.807, 2.05) is 30.3 Å². The van der Waals surface area contributed by atoms with Crippen LogP contribution in [0.2, 0.25) is 0 Å². The topological polar surface area (TPSA) is 84.1 Å². The molecule has 6 nitrogen and oxygen atoms in total. The number of benzene rings is 2. The smallest absolute Gasteiger partial charge is 0.219 e. The first-order valence-electron chi connectivity index (χ1n) is 9.90. The van der Waals surface area contributed by atoms with Crippen LogP contribution in [0.25, 0.3) is 10.9 Å². The van der Waals surface area contributed by atoms with E-state index in [9.17, 15) is 4.79 Å². The van der Waals surface area contributed by atoms with Crippen molar-refractivity contribution in [2.45, 2.75) is 31.7 Å². The molecule has 29 heavy (non-hydrogen) atoms. The first-order chi connectivity index (χ1) is 14.1. The predicted octanol–water partition coefficient (Wildman–Crippen LogP) is 4.54. The molecule has 4 rings (SSSR count). The lowest BCUT2D eigenvalue weighted by molar-refractivity contribution is -0.119. The summed E-state index contributed by atoms with van der Waals surface area (Å²) < 4.78 is 0.994. The third kappa shape index (κ3) is 4.74. The van der Waals surface area contributed by atoms with Crippen molar-refractivity contribution in [3.63, 3.8) is 0 Å². The summed E-state index contributed by atoms with van der Waals surface area (Å²) in [4.78, 5) is 23.0. The number of likely N-dealkylation sites (tertiary alicyclic amines) is 1. The number of carbonyl (C=O) groups is 1. The molecule has 0 aliphatic carbocycles. The molecule has 0 bridgehead atoms. The van der Waals surface area contributed by atoms with Crippen molar-refractivity contribution in [2.24, 2.45) is 5.73 Å². The molecule has 1 fully saturated rings. The molecular formula is C22H24BrN5O. The Hall–Kier alpha value is -2.51. The lowest BCUT2D eigenvalue weighted by Crippen LogP contribution is -2.36. The molecule has 7 heteroatoms. The first kappa shape index (κ1) is 19.8. The second kappa shape index (κ2) is 8.88. The molecule has 3 aromatic rings.